The van der Waals surface area contributed by atoms with E-state index in [1.165, 1.54) is 23.3 Å². The minimum Gasteiger partial charge on any atom is -0.305 e. The number of thiophene rings is 1. The van der Waals surface area contributed by atoms with Crippen LogP contribution in [0, 0.1) is 5.92 Å². The fraction of sp³-hybridized carbons (Fsp3) is 0.692. The summed E-state index contributed by atoms with van der Waals surface area (Å²) in [6, 6.07) is 0. The predicted molar refractivity (Wildman–Crippen MR) is 67.9 cm³/mol. The van der Waals surface area contributed by atoms with E-state index in [2.05, 4.69) is 12.2 Å². The van der Waals surface area contributed by atoms with Crippen molar-refractivity contribution in [2.45, 2.75) is 45.3 Å². The third-order valence-electron chi connectivity index (χ3n) is 3.56. The van der Waals surface area contributed by atoms with Crippen LogP contribution in [0.5, 0.6) is 0 Å². The Bertz CT molecular complexity index is 397. The van der Waals surface area contributed by atoms with Gasteiger partial charge in [0.05, 0.1) is 6.54 Å². The van der Waals surface area contributed by atoms with Gasteiger partial charge in [-0.15, -0.1) is 11.3 Å². The highest BCUT2D eigenvalue weighted by Gasteiger charge is 2.27. The fourth-order valence-corrected chi connectivity index (χ4v) is 3.70. The summed E-state index contributed by atoms with van der Waals surface area (Å²) in [6.07, 6.45) is 0.380. The van der Waals surface area contributed by atoms with Crippen LogP contribution in [0.1, 0.15) is 35.8 Å². The first kappa shape index (κ1) is 13.9. The van der Waals surface area contributed by atoms with Gasteiger partial charge in [-0.1, -0.05) is 13.3 Å². The molecule has 1 heterocycles. The highest BCUT2D eigenvalue weighted by atomic mass is 32.1. The minimum absolute atomic E-state index is 0.335. The van der Waals surface area contributed by atoms with Gasteiger partial charge in [0, 0.05) is 11.4 Å². The second-order valence-electron chi connectivity index (χ2n) is 4.90. The van der Waals surface area contributed by atoms with Gasteiger partial charge in [-0.2, -0.15) is 13.2 Å². The van der Waals surface area contributed by atoms with Crippen molar-refractivity contribution < 1.29 is 13.2 Å². The maximum atomic E-state index is 12.1. The van der Waals surface area contributed by atoms with Crippen LogP contribution in [0.3, 0.4) is 0 Å². The third kappa shape index (κ3) is 3.48. The Balaban J connectivity index is 1.94. The molecular weight excluding hydrogens is 259 g/mol. The van der Waals surface area contributed by atoms with Crippen molar-refractivity contribution >= 4 is 11.3 Å². The Kier molecular flexibility index (Phi) is 4.33. The van der Waals surface area contributed by atoms with Crippen molar-refractivity contribution in [2.75, 3.05) is 6.54 Å². The van der Waals surface area contributed by atoms with Crippen molar-refractivity contribution in [1.82, 2.24) is 5.32 Å². The van der Waals surface area contributed by atoms with Gasteiger partial charge in [-0.25, -0.2) is 0 Å². The SMILES string of the molecule is CCC1CCc2c(CNCC(F)(F)F)csc2C1. The Morgan fingerprint density at radius 2 is 2.22 bits per heavy atom. The summed E-state index contributed by atoms with van der Waals surface area (Å²) in [5.41, 5.74) is 2.37. The number of alkyl halides is 3. The molecule has 0 saturated carbocycles. The van der Waals surface area contributed by atoms with Gasteiger partial charge in [0.15, 0.2) is 0 Å². The molecule has 0 radical (unpaired) electrons. The van der Waals surface area contributed by atoms with Crippen molar-refractivity contribution in [3.05, 3.63) is 21.4 Å². The molecule has 1 aliphatic rings. The number of fused-ring (bicyclic) bond motifs is 1. The largest absolute Gasteiger partial charge is 0.401 e. The van der Waals surface area contributed by atoms with Crippen LogP contribution in [0.4, 0.5) is 13.2 Å². The van der Waals surface area contributed by atoms with Crippen molar-refractivity contribution in [2.24, 2.45) is 5.92 Å². The molecule has 0 amide bonds. The predicted octanol–water partition coefficient (Wildman–Crippen LogP) is 3.91. The zero-order valence-electron chi connectivity index (χ0n) is 10.4. The Labute approximate surface area is 109 Å². The first-order chi connectivity index (χ1) is 8.49. The lowest BCUT2D eigenvalue weighted by Crippen LogP contribution is -2.28. The molecule has 2 rings (SSSR count). The van der Waals surface area contributed by atoms with Crippen molar-refractivity contribution in [1.29, 1.82) is 0 Å². The smallest absolute Gasteiger partial charge is 0.305 e. The van der Waals surface area contributed by atoms with E-state index in [0.29, 0.717) is 6.54 Å². The van der Waals surface area contributed by atoms with Gasteiger partial charge in [0.2, 0.25) is 0 Å². The molecule has 0 aromatic carbocycles. The summed E-state index contributed by atoms with van der Waals surface area (Å²) >= 11 is 1.71. The highest BCUT2D eigenvalue weighted by molar-refractivity contribution is 7.10. The maximum Gasteiger partial charge on any atom is 0.401 e. The summed E-state index contributed by atoms with van der Waals surface area (Å²) < 4.78 is 36.2. The number of rotatable bonds is 4. The quantitative estimate of drug-likeness (QED) is 0.879. The minimum atomic E-state index is -4.12. The Morgan fingerprint density at radius 1 is 1.44 bits per heavy atom. The van der Waals surface area contributed by atoms with E-state index in [1.54, 1.807) is 11.3 Å². The van der Waals surface area contributed by atoms with Gasteiger partial charge < -0.3 is 5.32 Å². The van der Waals surface area contributed by atoms with Gasteiger partial charge in [-0.3, -0.25) is 0 Å². The average Bonchev–Trinajstić information content (AvgIpc) is 2.70. The molecule has 5 heteroatoms. The standard InChI is InChI=1S/C13H18F3NS/c1-2-9-3-4-11-10(7-18-12(11)5-9)6-17-8-13(14,15)16/h7,9,17H,2-6,8H2,1H3. The van der Waals surface area contributed by atoms with Crippen molar-refractivity contribution in [3.8, 4) is 0 Å². The molecule has 1 aliphatic carbocycles. The van der Waals surface area contributed by atoms with E-state index in [-0.39, 0.29) is 0 Å². The summed E-state index contributed by atoms with van der Waals surface area (Å²) in [5, 5.41) is 4.50. The second-order valence-corrected chi connectivity index (χ2v) is 5.86. The van der Waals surface area contributed by atoms with Gasteiger partial charge >= 0.3 is 6.18 Å². The van der Waals surface area contributed by atoms with Crippen LogP contribution in [-0.4, -0.2) is 12.7 Å². The lowest BCUT2D eigenvalue weighted by atomic mass is 9.86. The van der Waals surface area contributed by atoms with E-state index in [1.807, 2.05) is 5.38 Å². The number of halogens is 3. The number of nitrogens with one attached hydrogen (secondary N) is 1. The zero-order valence-corrected chi connectivity index (χ0v) is 11.3. The molecule has 1 nitrogen and oxygen atoms in total. The van der Waals surface area contributed by atoms with Crippen LogP contribution in [-0.2, 0) is 19.4 Å². The maximum absolute atomic E-state index is 12.1. The molecule has 1 aromatic heterocycles. The molecule has 0 spiro atoms. The molecule has 1 N–H and O–H groups in total. The fourth-order valence-electron chi connectivity index (χ4n) is 2.48. The van der Waals surface area contributed by atoms with Gasteiger partial charge in [0.25, 0.3) is 0 Å². The number of hydrogen-bond acceptors (Lipinski definition) is 2. The Morgan fingerprint density at radius 3 is 2.89 bits per heavy atom. The topological polar surface area (TPSA) is 12.0 Å². The number of hydrogen-bond donors (Lipinski definition) is 1. The molecule has 1 aromatic rings. The molecule has 0 aliphatic heterocycles. The first-order valence-corrected chi connectivity index (χ1v) is 7.23. The molecule has 0 saturated heterocycles. The third-order valence-corrected chi connectivity index (χ3v) is 4.66. The first-order valence-electron chi connectivity index (χ1n) is 6.35. The normalized spacial score (nSPS) is 19.9. The van der Waals surface area contributed by atoms with Crippen LogP contribution in [0.2, 0.25) is 0 Å². The van der Waals surface area contributed by atoms with E-state index < -0.39 is 12.7 Å². The van der Waals surface area contributed by atoms with E-state index >= 15 is 0 Å². The van der Waals surface area contributed by atoms with Gasteiger partial charge in [0.1, 0.15) is 0 Å². The van der Waals surface area contributed by atoms with Crippen LogP contribution in [0.15, 0.2) is 5.38 Å². The van der Waals surface area contributed by atoms with Crippen LogP contribution in [0.25, 0.3) is 0 Å². The van der Waals surface area contributed by atoms with E-state index in [0.717, 1.165) is 24.3 Å². The van der Waals surface area contributed by atoms with Gasteiger partial charge in [-0.05, 0) is 41.7 Å². The summed E-state index contributed by atoms with van der Waals surface area (Å²) in [6.45, 7) is 1.63. The molecule has 1 unspecified atom stereocenters. The van der Waals surface area contributed by atoms with E-state index in [4.69, 9.17) is 0 Å². The zero-order chi connectivity index (χ0) is 13.2. The molecule has 0 bridgehead atoms. The molecule has 0 fully saturated rings. The summed E-state index contributed by atoms with van der Waals surface area (Å²) in [7, 11) is 0. The average molecular weight is 277 g/mol. The molecule has 102 valence electrons. The molecule has 18 heavy (non-hydrogen) atoms. The lowest BCUT2D eigenvalue weighted by molar-refractivity contribution is -0.125. The summed E-state index contributed by atoms with van der Waals surface area (Å²) in [5.74, 6) is 0.757. The van der Waals surface area contributed by atoms with Crippen LogP contribution >= 0.6 is 11.3 Å². The Hall–Kier alpha value is -0.550. The van der Waals surface area contributed by atoms with E-state index in [9.17, 15) is 13.2 Å². The molecular formula is C13H18F3NS. The van der Waals surface area contributed by atoms with Crippen LogP contribution < -0.4 is 5.32 Å². The monoisotopic (exact) mass is 277 g/mol. The lowest BCUT2D eigenvalue weighted by Gasteiger charge is -2.21. The second kappa shape index (κ2) is 5.61. The highest BCUT2D eigenvalue weighted by Crippen LogP contribution is 2.34. The molecule has 1 atom stereocenters. The van der Waals surface area contributed by atoms with Crippen molar-refractivity contribution in [3.63, 3.8) is 0 Å². The summed E-state index contributed by atoms with van der Waals surface area (Å²) in [4.78, 5) is 1.39.